The van der Waals surface area contributed by atoms with Gasteiger partial charge in [-0.25, -0.2) is 12.7 Å². The van der Waals surface area contributed by atoms with Crippen LogP contribution in [0.25, 0.3) is 0 Å². The number of hydrogen-bond donors (Lipinski definition) is 0. The number of carbonyl (C=O) groups excluding carboxylic acids is 2. The zero-order valence-electron chi connectivity index (χ0n) is 12.1. The molecule has 3 rings (SSSR count). The van der Waals surface area contributed by atoms with Gasteiger partial charge in [0.1, 0.15) is 6.04 Å². The quantitative estimate of drug-likeness (QED) is 0.832. The minimum Gasteiger partial charge on any atom is -0.341 e. The molecule has 2 fully saturated rings. The first-order valence-electron chi connectivity index (χ1n) is 7.43. The number of amides is 2. The van der Waals surface area contributed by atoms with Gasteiger partial charge in [0.2, 0.25) is 11.8 Å². The molecule has 1 aromatic rings. The molecule has 0 spiro atoms. The topological polar surface area (TPSA) is 74.8 Å². The van der Waals surface area contributed by atoms with Crippen molar-refractivity contribution in [1.29, 1.82) is 0 Å². The fourth-order valence-corrected chi connectivity index (χ4v) is 4.66. The molecule has 6 nitrogen and oxygen atoms in total. The molecular weight excluding hydrogens is 304 g/mol. The molecule has 0 bridgehead atoms. The lowest BCUT2D eigenvalue weighted by Crippen LogP contribution is -2.48. The van der Waals surface area contributed by atoms with Crippen LogP contribution in [0.4, 0.5) is 0 Å². The lowest BCUT2D eigenvalue weighted by molar-refractivity contribution is -0.136. The van der Waals surface area contributed by atoms with Crippen LogP contribution in [0.15, 0.2) is 35.2 Å². The van der Waals surface area contributed by atoms with E-state index in [1.807, 2.05) is 0 Å². The lowest BCUT2D eigenvalue weighted by Gasteiger charge is -2.27. The second-order valence-corrected chi connectivity index (χ2v) is 7.41. The Morgan fingerprint density at radius 1 is 1.09 bits per heavy atom. The van der Waals surface area contributed by atoms with E-state index in [0.29, 0.717) is 13.1 Å². The number of rotatable bonds is 3. The summed E-state index contributed by atoms with van der Waals surface area (Å²) in [5.41, 5.74) is 0. The van der Waals surface area contributed by atoms with Crippen LogP contribution >= 0.6 is 0 Å². The third kappa shape index (κ3) is 2.49. The Hall–Kier alpha value is -1.89. The second-order valence-electron chi connectivity index (χ2n) is 5.59. The van der Waals surface area contributed by atoms with E-state index in [1.165, 1.54) is 12.1 Å². The standard InChI is InChI=1S/C15H18N2O4S/c18-14-9-8-13(15(19)16-10-4-5-11-16)17(14)22(20,21)12-6-2-1-3-7-12/h1-3,6-7,13H,4-5,8-11H2. The van der Waals surface area contributed by atoms with Crippen LogP contribution in [0.3, 0.4) is 0 Å². The molecule has 0 radical (unpaired) electrons. The summed E-state index contributed by atoms with van der Waals surface area (Å²) in [6.07, 6.45) is 2.21. The van der Waals surface area contributed by atoms with E-state index in [0.717, 1.165) is 17.1 Å². The largest absolute Gasteiger partial charge is 0.341 e. The summed E-state index contributed by atoms with van der Waals surface area (Å²) < 4.78 is 26.2. The van der Waals surface area contributed by atoms with Gasteiger partial charge in [0.15, 0.2) is 0 Å². The Morgan fingerprint density at radius 3 is 2.36 bits per heavy atom. The molecule has 118 valence electrons. The fraction of sp³-hybridized carbons (Fsp3) is 0.467. The first-order valence-corrected chi connectivity index (χ1v) is 8.87. The summed E-state index contributed by atoms with van der Waals surface area (Å²) in [5.74, 6) is -0.746. The maximum absolute atomic E-state index is 12.7. The van der Waals surface area contributed by atoms with Gasteiger partial charge in [0.25, 0.3) is 10.0 Å². The van der Waals surface area contributed by atoms with E-state index in [-0.39, 0.29) is 23.6 Å². The molecule has 2 aliphatic rings. The van der Waals surface area contributed by atoms with E-state index >= 15 is 0 Å². The maximum atomic E-state index is 12.7. The molecule has 0 aliphatic carbocycles. The van der Waals surface area contributed by atoms with Gasteiger partial charge in [-0.3, -0.25) is 9.59 Å². The SMILES string of the molecule is O=C(C1CCC(=O)N1S(=O)(=O)c1ccccc1)N1CCCC1. The van der Waals surface area contributed by atoms with Crippen molar-refractivity contribution >= 4 is 21.8 Å². The molecule has 22 heavy (non-hydrogen) atoms. The second kappa shape index (κ2) is 5.72. The number of nitrogens with zero attached hydrogens (tertiary/aromatic N) is 2. The first-order chi connectivity index (χ1) is 10.5. The molecule has 0 aromatic heterocycles. The highest BCUT2D eigenvalue weighted by molar-refractivity contribution is 7.89. The van der Waals surface area contributed by atoms with Gasteiger partial charge in [-0.15, -0.1) is 0 Å². The summed E-state index contributed by atoms with van der Waals surface area (Å²) >= 11 is 0. The Morgan fingerprint density at radius 2 is 1.73 bits per heavy atom. The van der Waals surface area contributed by atoms with E-state index in [1.54, 1.807) is 23.1 Å². The number of benzene rings is 1. The summed E-state index contributed by atoms with van der Waals surface area (Å²) in [5, 5.41) is 0. The molecular formula is C15H18N2O4S. The minimum atomic E-state index is -3.98. The molecule has 2 saturated heterocycles. The number of sulfonamides is 1. The molecule has 1 atom stereocenters. The normalized spacial score (nSPS) is 22.4. The van der Waals surface area contributed by atoms with Gasteiger partial charge in [0, 0.05) is 19.5 Å². The van der Waals surface area contributed by atoms with Gasteiger partial charge < -0.3 is 4.90 Å². The van der Waals surface area contributed by atoms with Crippen molar-refractivity contribution in [2.24, 2.45) is 0 Å². The van der Waals surface area contributed by atoms with Crippen molar-refractivity contribution in [3.8, 4) is 0 Å². The van der Waals surface area contributed by atoms with Gasteiger partial charge >= 0.3 is 0 Å². The molecule has 2 heterocycles. The van der Waals surface area contributed by atoms with Crippen molar-refractivity contribution in [3.63, 3.8) is 0 Å². The smallest absolute Gasteiger partial charge is 0.267 e. The highest BCUT2D eigenvalue weighted by Gasteiger charge is 2.45. The first kappa shape index (κ1) is 15.0. The van der Waals surface area contributed by atoms with E-state index in [2.05, 4.69) is 0 Å². The predicted molar refractivity (Wildman–Crippen MR) is 79.3 cm³/mol. The van der Waals surface area contributed by atoms with Crippen molar-refractivity contribution in [1.82, 2.24) is 9.21 Å². The monoisotopic (exact) mass is 322 g/mol. The maximum Gasteiger partial charge on any atom is 0.267 e. The van der Waals surface area contributed by atoms with Crippen LogP contribution in [0.1, 0.15) is 25.7 Å². The summed E-state index contributed by atoms with van der Waals surface area (Å²) in [6, 6.07) is 6.90. The fourth-order valence-electron chi connectivity index (χ4n) is 3.04. The summed E-state index contributed by atoms with van der Waals surface area (Å²) in [7, 11) is -3.98. The predicted octanol–water partition coefficient (Wildman–Crippen LogP) is 0.989. The van der Waals surface area contributed by atoms with Crippen LogP contribution in [0.2, 0.25) is 0 Å². The summed E-state index contributed by atoms with van der Waals surface area (Å²) in [4.78, 5) is 26.4. The van der Waals surface area contributed by atoms with Crippen molar-refractivity contribution < 1.29 is 18.0 Å². The average Bonchev–Trinajstić information content (AvgIpc) is 3.17. The Labute approximate surface area is 129 Å². The average molecular weight is 322 g/mol. The van der Waals surface area contributed by atoms with Gasteiger partial charge in [-0.2, -0.15) is 0 Å². The van der Waals surface area contributed by atoms with E-state index in [9.17, 15) is 18.0 Å². The Kier molecular flexibility index (Phi) is 3.90. The van der Waals surface area contributed by atoms with Crippen LogP contribution in [0.5, 0.6) is 0 Å². The van der Waals surface area contributed by atoms with E-state index in [4.69, 9.17) is 0 Å². The summed E-state index contributed by atoms with van der Waals surface area (Å²) in [6.45, 7) is 1.28. The van der Waals surface area contributed by atoms with Gasteiger partial charge in [-0.05, 0) is 31.4 Å². The Balaban J connectivity index is 1.92. The zero-order valence-corrected chi connectivity index (χ0v) is 13.0. The Bertz CT molecular complexity index is 681. The molecule has 1 aromatic carbocycles. The third-order valence-corrected chi connectivity index (χ3v) is 6.01. The van der Waals surface area contributed by atoms with Crippen molar-refractivity contribution in [2.75, 3.05) is 13.1 Å². The van der Waals surface area contributed by atoms with Gasteiger partial charge in [-0.1, -0.05) is 18.2 Å². The molecule has 0 saturated carbocycles. The lowest BCUT2D eigenvalue weighted by atomic mass is 10.2. The van der Waals surface area contributed by atoms with E-state index < -0.39 is 22.0 Å². The third-order valence-electron chi connectivity index (χ3n) is 4.16. The van der Waals surface area contributed by atoms with Crippen LogP contribution in [-0.2, 0) is 19.6 Å². The highest BCUT2D eigenvalue weighted by Crippen LogP contribution is 2.29. The molecule has 7 heteroatoms. The molecule has 0 N–H and O–H groups in total. The molecule has 2 amide bonds. The van der Waals surface area contributed by atoms with Crippen LogP contribution in [0, 0.1) is 0 Å². The molecule has 2 aliphatic heterocycles. The molecule has 1 unspecified atom stereocenters. The van der Waals surface area contributed by atoms with Crippen LogP contribution < -0.4 is 0 Å². The number of likely N-dealkylation sites (tertiary alicyclic amines) is 1. The highest BCUT2D eigenvalue weighted by atomic mass is 32.2. The number of hydrogen-bond acceptors (Lipinski definition) is 4. The van der Waals surface area contributed by atoms with Gasteiger partial charge in [0.05, 0.1) is 4.90 Å². The zero-order chi connectivity index (χ0) is 15.7. The minimum absolute atomic E-state index is 0.0458. The number of carbonyl (C=O) groups is 2. The van der Waals surface area contributed by atoms with Crippen LogP contribution in [-0.4, -0.2) is 48.6 Å². The van der Waals surface area contributed by atoms with Crippen molar-refractivity contribution in [3.05, 3.63) is 30.3 Å². The van der Waals surface area contributed by atoms with Crippen molar-refractivity contribution in [2.45, 2.75) is 36.6 Å².